The molecule has 1 aliphatic heterocycles. The summed E-state index contributed by atoms with van der Waals surface area (Å²) in [5.41, 5.74) is 6.53. The molecule has 1 fully saturated rings. The summed E-state index contributed by atoms with van der Waals surface area (Å²) in [4.78, 5) is 13.1. The van der Waals surface area contributed by atoms with Crippen molar-refractivity contribution in [3.05, 3.63) is 29.8 Å². The first-order chi connectivity index (χ1) is 7.16. The fourth-order valence-corrected chi connectivity index (χ4v) is 1.49. The summed E-state index contributed by atoms with van der Waals surface area (Å²) in [6.07, 6.45) is -0.314. The van der Waals surface area contributed by atoms with Gasteiger partial charge in [-0.1, -0.05) is 18.2 Å². The van der Waals surface area contributed by atoms with Crippen LogP contribution in [0.2, 0.25) is 0 Å². The highest BCUT2D eigenvalue weighted by atomic mass is 16.6. The number of benzene rings is 1. The predicted octanol–water partition coefficient (Wildman–Crippen LogP) is 1.14. The molecule has 0 spiro atoms. The van der Waals surface area contributed by atoms with Crippen LogP contribution in [0.1, 0.15) is 5.56 Å². The van der Waals surface area contributed by atoms with Gasteiger partial charge in [0.2, 0.25) is 0 Å². The Morgan fingerprint density at radius 1 is 1.47 bits per heavy atom. The van der Waals surface area contributed by atoms with Gasteiger partial charge in [0.15, 0.2) is 0 Å². The second-order valence-corrected chi connectivity index (χ2v) is 3.80. The number of carbonyl (C=O) groups excluding carboxylic acids is 1. The Morgan fingerprint density at radius 3 is 2.73 bits per heavy atom. The minimum atomic E-state index is -0.314. The number of nitrogens with zero attached hydrogens (tertiary/aromatic N) is 1. The van der Waals surface area contributed by atoms with Gasteiger partial charge in [-0.2, -0.15) is 0 Å². The minimum Gasteiger partial charge on any atom is -0.410 e. The van der Waals surface area contributed by atoms with Crippen LogP contribution in [0.4, 0.5) is 4.79 Å². The Balaban J connectivity index is 1.97. The number of nitrogens with two attached hydrogens (primary N) is 1. The molecule has 1 aromatic rings. The van der Waals surface area contributed by atoms with Crippen molar-refractivity contribution in [3.63, 3.8) is 0 Å². The molecule has 2 rings (SSSR count). The van der Waals surface area contributed by atoms with E-state index < -0.39 is 0 Å². The van der Waals surface area contributed by atoms with Crippen molar-refractivity contribution in [1.29, 1.82) is 0 Å². The van der Waals surface area contributed by atoms with Gasteiger partial charge < -0.3 is 15.4 Å². The fraction of sp³-hybridized carbons (Fsp3) is 0.364. The predicted molar refractivity (Wildman–Crippen MR) is 56.8 cm³/mol. The van der Waals surface area contributed by atoms with Gasteiger partial charge in [-0.3, -0.25) is 0 Å². The molecule has 1 aromatic carbocycles. The van der Waals surface area contributed by atoms with E-state index in [9.17, 15) is 4.79 Å². The number of hydrogen-bond acceptors (Lipinski definition) is 3. The Labute approximate surface area is 88.6 Å². The number of rotatable bonds is 1. The van der Waals surface area contributed by atoms with Crippen LogP contribution in [0.25, 0.3) is 0 Å². The number of amides is 1. The van der Waals surface area contributed by atoms with E-state index in [1.807, 2.05) is 25.1 Å². The largest absolute Gasteiger partial charge is 0.415 e. The quantitative estimate of drug-likeness (QED) is 0.749. The van der Waals surface area contributed by atoms with E-state index in [0.29, 0.717) is 18.8 Å². The van der Waals surface area contributed by atoms with Gasteiger partial charge in [-0.25, -0.2) is 4.79 Å². The van der Waals surface area contributed by atoms with Gasteiger partial charge in [0, 0.05) is 19.1 Å². The molecule has 0 atom stereocenters. The van der Waals surface area contributed by atoms with Crippen LogP contribution in [0.15, 0.2) is 24.3 Å². The zero-order valence-corrected chi connectivity index (χ0v) is 8.64. The van der Waals surface area contributed by atoms with Gasteiger partial charge in [0.25, 0.3) is 0 Å². The van der Waals surface area contributed by atoms with Crippen LogP contribution in [-0.2, 0) is 0 Å². The number of carbonyl (C=O) groups is 1. The van der Waals surface area contributed by atoms with E-state index in [-0.39, 0.29) is 12.1 Å². The monoisotopic (exact) mass is 206 g/mol. The molecule has 0 aliphatic carbocycles. The molecule has 0 saturated carbocycles. The standard InChI is InChI=1S/C11H14N2O2/c1-8-4-2-3-5-10(8)15-11(14)13-6-9(12)7-13/h2-5,9H,6-7,12H2,1H3. The molecule has 1 saturated heterocycles. The molecule has 1 heterocycles. The van der Waals surface area contributed by atoms with Crippen molar-refractivity contribution in [1.82, 2.24) is 4.90 Å². The lowest BCUT2D eigenvalue weighted by Crippen LogP contribution is -2.58. The highest BCUT2D eigenvalue weighted by Gasteiger charge is 2.29. The third-order valence-corrected chi connectivity index (χ3v) is 2.46. The second kappa shape index (κ2) is 3.90. The third kappa shape index (κ3) is 2.10. The number of aryl methyl sites for hydroxylation is 1. The third-order valence-electron chi connectivity index (χ3n) is 2.46. The average Bonchev–Trinajstić information content (AvgIpc) is 2.17. The highest BCUT2D eigenvalue weighted by molar-refractivity contribution is 5.72. The summed E-state index contributed by atoms with van der Waals surface area (Å²) in [6.45, 7) is 3.08. The van der Waals surface area contributed by atoms with E-state index in [1.165, 1.54) is 0 Å². The van der Waals surface area contributed by atoms with Crippen molar-refractivity contribution < 1.29 is 9.53 Å². The van der Waals surface area contributed by atoms with Gasteiger partial charge in [-0.05, 0) is 18.6 Å². The summed E-state index contributed by atoms with van der Waals surface area (Å²) < 4.78 is 5.23. The second-order valence-electron chi connectivity index (χ2n) is 3.80. The zero-order valence-electron chi connectivity index (χ0n) is 8.64. The number of ether oxygens (including phenoxy) is 1. The lowest BCUT2D eigenvalue weighted by Gasteiger charge is -2.35. The molecule has 80 valence electrons. The molecule has 0 unspecified atom stereocenters. The number of likely N-dealkylation sites (tertiary alicyclic amines) is 1. The maximum absolute atomic E-state index is 11.5. The van der Waals surface area contributed by atoms with Crippen LogP contribution < -0.4 is 10.5 Å². The lowest BCUT2D eigenvalue weighted by molar-refractivity contribution is 0.113. The fourth-order valence-electron chi connectivity index (χ4n) is 1.49. The summed E-state index contributed by atoms with van der Waals surface area (Å²) in [7, 11) is 0. The van der Waals surface area contributed by atoms with Gasteiger partial charge in [0.1, 0.15) is 5.75 Å². The first kappa shape index (κ1) is 9.98. The van der Waals surface area contributed by atoms with E-state index in [0.717, 1.165) is 5.56 Å². The highest BCUT2D eigenvalue weighted by Crippen LogP contribution is 2.18. The van der Waals surface area contributed by atoms with E-state index in [2.05, 4.69) is 0 Å². The van der Waals surface area contributed by atoms with Gasteiger partial charge in [-0.15, -0.1) is 0 Å². The Morgan fingerprint density at radius 2 is 2.13 bits per heavy atom. The number of para-hydroxylation sites is 1. The molecule has 0 radical (unpaired) electrons. The Hall–Kier alpha value is -1.55. The Kier molecular flexibility index (Phi) is 2.60. The molecular formula is C11H14N2O2. The molecule has 1 amide bonds. The van der Waals surface area contributed by atoms with Crippen LogP contribution in [0, 0.1) is 6.92 Å². The van der Waals surface area contributed by atoms with E-state index >= 15 is 0 Å². The van der Waals surface area contributed by atoms with Gasteiger partial charge in [0.05, 0.1) is 0 Å². The molecule has 4 heteroatoms. The van der Waals surface area contributed by atoms with Crippen LogP contribution in [0.3, 0.4) is 0 Å². The van der Waals surface area contributed by atoms with Crippen LogP contribution in [-0.4, -0.2) is 30.1 Å². The normalized spacial score (nSPS) is 16.0. The van der Waals surface area contributed by atoms with E-state index in [4.69, 9.17) is 10.5 Å². The SMILES string of the molecule is Cc1ccccc1OC(=O)N1CC(N)C1. The summed E-state index contributed by atoms with van der Waals surface area (Å²) >= 11 is 0. The van der Waals surface area contributed by atoms with Crippen LogP contribution in [0.5, 0.6) is 5.75 Å². The molecule has 4 nitrogen and oxygen atoms in total. The molecule has 0 aromatic heterocycles. The molecule has 15 heavy (non-hydrogen) atoms. The smallest absolute Gasteiger partial charge is 0.410 e. The van der Waals surface area contributed by atoms with Crippen molar-refractivity contribution in [2.45, 2.75) is 13.0 Å². The summed E-state index contributed by atoms with van der Waals surface area (Å²) in [5, 5.41) is 0. The van der Waals surface area contributed by atoms with Crippen molar-refractivity contribution in [2.24, 2.45) is 5.73 Å². The lowest BCUT2D eigenvalue weighted by atomic mass is 10.1. The molecule has 0 bridgehead atoms. The molecule has 2 N–H and O–H groups in total. The van der Waals surface area contributed by atoms with Crippen molar-refractivity contribution >= 4 is 6.09 Å². The first-order valence-corrected chi connectivity index (χ1v) is 4.95. The Bertz CT molecular complexity index is 373. The van der Waals surface area contributed by atoms with Crippen molar-refractivity contribution in [2.75, 3.05) is 13.1 Å². The van der Waals surface area contributed by atoms with Crippen LogP contribution >= 0.6 is 0 Å². The first-order valence-electron chi connectivity index (χ1n) is 4.95. The summed E-state index contributed by atoms with van der Waals surface area (Å²) in [6, 6.07) is 7.55. The van der Waals surface area contributed by atoms with Crippen molar-refractivity contribution in [3.8, 4) is 5.75 Å². The topological polar surface area (TPSA) is 55.6 Å². The number of hydrogen-bond donors (Lipinski definition) is 1. The average molecular weight is 206 g/mol. The maximum Gasteiger partial charge on any atom is 0.415 e. The summed E-state index contributed by atoms with van der Waals surface area (Å²) in [5.74, 6) is 0.614. The molecule has 1 aliphatic rings. The maximum atomic E-state index is 11.5. The minimum absolute atomic E-state index is 0.106. The zero-order chi connectivity index (χ0) is 10.8. The van der Waals surface area contributed by atoms with E-state index in [1.54, 1.807) is 11.0 Å². The van der Waals surface area contributed by atoms with Gasteiger partial charge >= 0.3 is 6.09 Å². The molecular weight excluding hydrogens is 192 g/mol.